The van der Waals surface area contributed by atoms with Gasteiger partial charge in [0.05, 0.1) is 30.3 Å². The molecule has 8 nitrogen and oxygen atoms in total. The number of anilines is 2. The summed E-state index contributed by atoms with van der Waals surface area (Å²) in [7, 11) is 1.49. The van der Waals surface area contributed by atoms with Gasteiger partial charge in [-0.05, 0) is 25.1 Å². The molecule has 9 heteroatoms. The molecule has 0 radical (unpaired) electrons. The predicted octanol–water partition coefficient (Wildman–Crippen LogP) is 3.51. The van der Waals surface area contributed by atoms with Crippen LogP contribution in [-0.2, 0) is 6.42 Å². The lowest BCUT2D eigenvalue weighted by molar-refractivity contribution is 0.0947. The number of hydrogen-bond donors (Lipinski definition) is 3. The quantitative estimate of drug-likeness (QED) is 0.469. The zero-order valence-electron chi connectivity index (χ0n) is 16.9. The SMILES string of the molecule is COc1ncc2nccc(-c3[nH]c4c(c3Nc3cccc(F)c3C)C(=O)NCC4)c2n1. The number of amides is 1. The molecule has 1 aliphatic rings. The number of carbonyl (C=O) groups is 1. The third-order valence-corrected chi connectivity index (χ3v) is 5.40. The molecule has 0 saturated heterocycles. The van der Waals surface area contributed by atoms with Gasteiger partial charge in [-0.15, -0.1) is 0 Å². The largest absolute Gasteiger partial charge is 0.467 e. The fourth-order valence-corrected chi connectivity index (χ4v) is 3.81. The number of H-pyrrole nitrogens is 1. The molecule has 4 heterocycles. The molecule has 0 unspecified atom stereocenters. The zero-order chi connectivity index (χ0) is 21.5. The first-order chi connectivity index (χ1) is 15.1. The number of nitrogens with one attached hydrogen (secondary N) is 3. The molecule has 3 N–H and O–H groups in total. The number of hydrogen-bond acceptors (Lipinski definition) is 6. The normalized spacial score (nSPS) is 13.1. The van der Waals surface area contributed by atoms with Crippen LogP contribution in [0, 0.1) is 12.7 Å². The molecular weight excluding hydrogens is 399 g/mol. The lowest BCUT2D eigenvalue weighted by Gasteiger charge is -2.16. The van der Waals surface area contributed by atoms with Gasteiger partial charge in [0, 0.05) is 41.7 Å². The Morgan fingerprint density at radius 1 is 1.23 bits per heavy atom. The molecular formula is C22H19FN6O2. The van der Waals surface area contributed by atoms with Gasteiger partial charge in [0.15, 0.2) is 0 Å². The van der Waals surface area contributed by atoms with Crippen LogP contribution in [0.5, 0.6) is 6.01 Å². The van der Waals surface area contributed by atoms with E-state index in [1.54, 1.807) is 31.5 Å². The monoisotopic (exact) mass is 418 g/mol. The lowest BCUT2D eigenvalue weighted by atomic mass is 10.0. The van der Waals surface area contributed by atoms with E-state index in [-0.39, 0.29) is 17.7 Å². The van der Waals surface area contributed by atoms with Gasteiger partial charge in [-0.25, -0.2) is 9.37 Å². The maximum atomic E-state index is 14.2. The Balaban J connectivity index is 1.76. The number of rotatable bonds is 4. The molecule has 3 aromatic heterocycles. The summed E-state index contributed by atoms with van der Waals surface area (Å²) in [4.78, 5) is 29.1. The average molecular weight is 418 g/mol. The molecule has 1 aliphatic heterocycles. The summed E-state index contributed by atoms with van der Waals surface area (Å²) in [5.41, 5.74) is 5.47. The van der Waals surface area contributed by atoms with E-state index in [0.717, 1.165) is 11.3 Å². The summed E-state index contributed by atoms with van der Waals surface area (Å²) >= 11 is 0. The smallest absolute Gasteiger partial charge is 0.316 e. The van der Waals surface area contributed by atoms with Crippen molar-refractivity contribution in [1.82, 2.24) is 25.3 Å². The predicted molar refractivity (Wildman–Crippen MR) is 114 cm³/mol. The zero-order valence-corrected chi connectivity index (χ0v) is 16.9. The number of nitrogens with zero attached hydrogens (tertiary/aromatic N) is 3. The molecule has 5 rings (SSSR count). The minimum Gasteiger partial charge on any atom is -0.467 e. The third kappa shape index (κ3) is 3.14. The van der Waals surface area contributed by atoms with Gasteiger partial charge in [-0.3, -0.25) is 9.78 Å². The highest BCUT2D eigenvalue weighted by Crippen LogP contribution is 2.39. The number of carbonyl (C=O) groups excluding carboxylic acids is 1. The Kier molecular flexibility index (Phi) is 4.50. The summed E-state index contributed by atoms with van der Waals surface area (Å²) in [6.45, 7) is 2.23. The van der Waals surface area contributed by atoms with Crippen molar-refractivity contribution in [1.29, 1.82) is 0 Å². The van der Waals surface area contributed by atoms with Crippen LogP contribution in [0.4, 0.5) is 15.8 Å². The van der Waals surface area contributed by atoms with Crippen molar-refractivity contribution < 1.29 is 13.9 Å². The lowest BCUT2D eigenvalue weighted by Crippen LogP contribution is -2.31. The van der Waals surface area contributed by atoms with Crippen molar-refractivity contribution in [3.05, 3.63) is 59.3 Å². The Bertz CT molecular complexity index is 1330. The summed E-state index contributed by atoms with van der Waals surface area (Å²) in [5, 5.41) is 6.16. The van der Waals surface area contributed by atoms with E-state index in [2.05, 4.69) is 30.6 Å². The number of aromatic nitrogens is 4. The van der Waals surface area contributed by atoms with Crippen molar-refractivity contribution in [2.75, 3.05) is 19.0 Å². The van der Waals surface area contributed by atoms with E-state index >= 15 is 0 Å². The van der Waals surface area contributed by atoms with Crippen molar-refractivity contribution in [2.24, 2.45) is 0 Å². The summed E-state index contributed by atoms with van der Waals surface area (Å²) in [6.07, 6.45) is 3.90. The Hall–Kier alpha value is -4.01. The summed E-state index contributed by atoms with van der Waals surface area (Å²) in [5.74, 6) is -0.516. The molecule has 0 fully saturated rings. The molecule has 0 saturated carbocycles. The van der Waals surface area contributed by atoms with Crippen molar-refractivity contribution >= 4 is 28.3 Å². The molecule has 4 aromatic rings. The minimum absolute atomic E-state index is 0.189. The second kappa shape index (κ2) is 7.35. The molecule has 1 aromatic carbocycles. The van der Waals surface area contributed by atoms with Crippen molar-refractivity contribution in [3.63, 3.8) is 0 Å². The molecule has 1 amide bonds. The van der Waals surface area contributed by atoms with Crippen molar-refractivity contribution in [2.45, 2.75) is 13.3 Å². The van der Waals surface area contributed by atoms with Gasteiger partial charge >= 0.3 is 6.01 Å². The average Bonchev–Trinajstić information content (AvgIpc) is 3.15. The van der Waals surface area contributed by atoms with E-state index in [1.165, 1.54) is 13.2 Å². The van der Waals surface area contributed by atoms with Crippen LogP contribution in [0.1, 0.15) is 21.6 Å². The second-order valence-corrected chi connectivity index (χ2v) is 7.22. The van der Waals surface area contributed by atoms with Crippen LogP contribution in [0.15, 0.2) is 36.7 Å². The van der Waals surface area contributed by atoms with Crippen LogP contribution in [0.3, 0.4) is 0 Å². The van der Waals surface area contributed by atoms with Crippen LogP contribution >= 0.6 is 0 Å². The van der Waals surface area contributed by atoms with Gasteiger partial charge in [0.25, 0.3) is 5.91 Å². The standard InChI is InChI=1S/C22H19FN6O2/c1-11-13(23)4-3-5-14(11)27-20-17-15(7-9-25-21(17)30)28-19(20)12-6-8-24-16-10-26-22(31-2)29-18(12)16/h3-6,8,10,27-28H,7,9H2,1-2H3,(H,25,30). The molecule has 0 spiro atoms. The third-order valence-electron chi connectivity index (χ3n) is 5.40. The molecule has 156 valence electrons. The van der Waals surface area contributed by atoms with Gasteiger partial charge in [-0.1, -0.05) is 6.07 Å². The Labute approximate surface area is 176 Å². The van der Waals surface area contributed by atoms with Crippen LogP contribution < -0.4 is 15.4 Å². The number of benzene rings is 1. The first kappa shape index (κ1) is 19.0. The number of aromatic amines is 1. The fraction of sp³-hybridized carbons (Fsp3) is 0.182. The highest BCUT2D eigenvalue weighted by Gasteiger charge is 2.28. The van der Waals surface area contributed by atoms with Crippen molar-refractivity contribution in [3.8, 4) is 17.3 Å². The Morgan fingerprint density at radius 3 is 2.94 bits per heavy atom. The number of ether oxygens (including phenoxy) is 1. The van der Waals surface area contributed by atoms with Gasteiger partial charge < -0.3 is 20.4 Å². The molecule has 31 heavy (non-hydrogen) atoms. The topological polar surface area (TPSA) is 105 Å². The van der Waals surface area contributed by atoms with E-state index < -0.39 is 0 Å². The van der Waals surface area contributed by atoms with E-state index in [4.69, 9.17) is 4.74 Å². The summed E-state index contributed by atoms with van der Waals surface area (Å²) in [6, 6.07) is 6.83. The summed E-state index contributed by atoms with van der Waals surface area (Å²) < 4.78 is 19.4. The van der Waals surface area contributed by atoms with Gasteiger partial charge in [0.1, 0.15) is 16.9 Å². The maximum Gasteiger partial charge on any atom is 0.316 e. The van der Waals surface area contributed by atoms with Crippen LogP contribution in [-0.4, -0.2) is 39.5 Å². The highest BCUT2D eigenvalue weighted by atomic mass is 19.1. The first-order valence-corrected chi connectivity index (χ1v) is 9.78. The first-order valence-electron chi connectivity index (χ1n) is 9.78. The number of fused-ring (bicyclic) bond motifs is 2. The van der Waals surface area contributed by atoms with E-state index in [1.807, 2.05) is 6.07 Å². The van der Waals surface area contributed by atoms with Crippen LogP contribution in [0.25, 0.3) is 22.3 Å². The molecule has 0 atom stereocenters. The Morgan fingerprint density at radius 2 is 2.10 bits per heavy atom. The van der Waals surface area contributed by atoms with E-state index in [9.17, 15) is 9.18 Å². The second-order valence-electron chi connectivity index (χ2n) is 7.22. The number of halogens is 1. The highest BCUT2D eigenvalue weighted by molar-refractivity contribution is 6.08. The van der Waals surface area contributed by atoms with Gasteiger partial charge in [0.2, 0.25) is 0 Å². The molecule has 0 bridgehead atoms. The molecule has 0 aliphatic carbocycles. The number of methoxy groups -OCH3 is 1. The fourth-order valence-electron chi connectivity index (χ4n) is 3.81. The maximum absolute atomic E-state index is 14.2. The number of pyridine rings is 1. The van der Waals surface area contributed by atoms with E-state index in [0.29, 0.717) is 52.2 Å². The van der Waals surface area contributed by atoms with Gasteiger partial charge in [-0.2, -0.15) is 4.98 Å². The van der Waals surface area contributed by atoms with Crippen LogP contribution in [0.2, 0.25) is 0 Å². The minimum atomic E-state index is -0.327.